The largest absolute Gasteiger partial charge is 0.379 e. The average Bonchev–Trinajstić information content (AvgIpc) is 1.83. The quantitative estimate of drug-likeness (QED) is 0.280. The molecule has 0 fully saturated rings. The molecule has 3 N–H and O–H groups in total. The van der Waals surface area contributed by atoms with Crippen LogP contribution < -0.4 is 5.48 Å². The lowest BCUT2D eigenvalue weighted by atomic mass is 10.4. The molecule has 0 aromatic carbocycles. The normalized spacial score (nSPS) is 8.75. The highest BCUT2D eigenvalue weighted by Gasteiger charge is 1.89. The molecule has 4 heteroatoms. The van der Waals surface area contributed by atoms with E-state index in [1.807, 2.05) is 0 Å². The molecule has 8 heavy (non-hydrogen) atoms. The van der Waals surface area contributed by atoms with Crippen molar-refractivity contribution in [2.75, 3.05) is 6.61 Å². The van der Waals surface area contributed by atoms with Gasteiger partial charge in [-0.2, -0.15) is 0 Å². The van der Waals surface area contributed by atoms with E-state index in [2.05, 4.69) is 11.8 Å². The van der Waals surface area contributed by atoms with Gasteiger partial charge in [0.25, 0.3) is 0 Å². The maximum absolute atomic E-state index is 8.01. The molecule has 0 aliphatic rings. The van der Waals surface area contributed by atoms with Crippen molar-refractivity contribution in [1.29, 1.82) is 5.41 Å². The van der Waals surface area contributed by atoms with Gasteiger partial charge in [0, 0.05) is 6.42 Å². The van der Waals surface area contributed by atoms with E-state index >= 15 is 0 Å². The fourth-order valence-corrected chi connectivity index (χ4v) is 0.230. The predicted molar refractivity (Wildman–Crippen MR) is 28.6 cm³/mol. The van der Waals surface area contributed by atoms with Crippen LogP contribution in [0.5, 0.6) is 0 Å². The topological polar surface area (TPSA) is 65.3 Å². The molecule has 4 nitrogen and oxygen atoms in total. The molecule has 0 aliphatic carbocycles. The summed E-state index contributed by atoms with van der Waals surface area (Å²) in [6.07, 6.45) is 0.361. The molecule has 0 rings (SSSR count). The summed E-state index contributed by atoms with van der Waals surface area (Å²) in [6.45, 7) is 0.354. The molecule has 1 radical (unpaired) electrons. The first-order valence-electron chi connectivity index (χ1n) is 2.15. The maximum atomic E-state index is 8.01. The lowest BCUT2D eigenvalue weighted by molar-refractivity contribution is 0.217. The van der Waals surface area contributed by atoms with Gasteiger partial charge in [-0.3, -0.25) is 16.1 Å². The first-order chi connectivity index (χ1) is 3.81. The van der Waals surface area contributed by atoms with Crippen LogP contribution in [0.4, 0.5) is 0 Å². The summed E-state index contributed by atoms with van der Waals surface area (Å²) in [5.41, 5.74) is 1.68. The number of hydrogen-bond acceptors (Lipinski definition) is 3. The summed E-state index contributed by atoms with van der Waals surface area (Å²) >= 11 is 0. The van der Waals surface area contributed by atoms with Gasteiger partial charge in [0.05, 0.1) is 13.7 Å². The zero-order chi connectivity index (χ0) is 6.41. The standard InChI is InChI=1S/C4H9N2O2/c1-8-3-2-4(5)6-7/h7H,1-3H2,(H2,5,6). The molecule has 0 bridgehead atoms. The average molecular weight is 117 g/mol. The molecule has 0 saturated carbocycles. The molecule has 0 unspecified atom stereocenters. The highest BCUT2D eigenvalue weighted by atomic mass is 16.5. The van der Waals surface area contributed by atoms with E-state index in [1.54, 1.807) is 5.48 Å². The number of amidine groups is 1. The smallest absolute Gasteiger partial charge is 0.120 e. The third kappa shape index (κ3) is 3.58. The Morgan fingerprint density at radius 2 is 2.50 bits per heavy atom. The Hall–Kier alpha value is -0.610. The Morgan fingerprint density at radius 3 is 2.88 bits per heavy atom. The molecular weight excluding hydrogens is 108 g/mol. The lowest BCUT2D eigenvalue weighted by Crippen LogP contribution is -2.18. The minimum Gasteiger partial charge on any atom is -0.379 e. The number of nitrogens with one attached hydrogen (secondary N) is 2. The fourth-order valence-electron chi connectivity index (χ4n) is 0.230. The summed E-state index contributed by atoms with van der Waals surface area (Å²) in [5.74, 6) is 0.0358. The Labute approximate surface area is 47.9 Å². The zero-order valence-corrected chi connectivity index (χ0v) is 4.48. The van der Waals surface area contributed by atoms with Gasteiger partial charge in [-0.15, -0.1) is 0 Å². The SMILES string of the molecule is [CH2]OCCC(=N)NO. The van der Waals surface area contributed by atoms with Crippen molar-refractivity contribution >= 4 is 5.84 Å². The van der Waals surface area contributed by atoms with E-state index < -0.39 is 0 Å². The Balaban J connectivity index is 2.99. The Bertz CT molecular complexity index is 74.4. The van der Waals surface area contributed by atoms with E-state index in [0.29, 0.717) is 13.0 Å². The molecule has 0 aromatic rings. The van der Waals surface area contributed by atoms with Crippen molar-refractivity contribution in [2.24, 2.45) is 0 Å². The minimum absolute atomic E-state index is 0.0358. The molecule has 0 atom stereocenters. The zero-order valence-electron chi connectivity index (χ0n) is 4.48. The number of hydrogen-bond donors (Lipinski definition) is 3. The van der Waals surface area contributed by atoms with Crippen LogP contribution in [0.15, 0.2) is 0 Å². The van der Waals surface area contributed by atoms with Gasteiger partial charge < -0.3 is 4.74 Å². The van der Waals surface area contributed by atoms with Gasteiger partial charge in [0.15, 0.2) is 0 Å². The lowest BCUT2D eigenvalue weighted by Gasteiger charge is -1.97. The Kier molecular flexibility index (Phi) is 4.20. The van der Waals surface area contributed by atoms with Crippen molar-refractivity contribution in [3.05, 3.63) is 7.11 Å². The summed E-state index contributed by atoms with van der Waals surface area (Å²) in [5, 5.41) is 14.8. The first kappa shape index (κ1) is 7.39. The number of ether oxygens (including phenoxy) is 1. The van der Waals surface area contributed by atoms with Crippen LogP contribution in [-0.4, -0.2) is 17.6 Å². The van der Waals surface area contributed by atoms with E-state index in [-0.39, 0.29) is 5.84 Å². The van der Waals surface area contributed by atoms with Crippen molar-refractivity contribution in [1.82, 2.24) is 5.48 Å². The summed E-state index contributed by atoms with van der Waals surface area (Å²) in [7, 11) is 3.09. The van der Waals surface area contributed by atoms with Gasteiger partial charge in [-0.05, 0) is 0 Å². The monoisotopic (exact) mass is 117 g/mol. The van der Waals surface area contributed by atoms with E-state index in [0.717, 1.165) is 0 Å². The summed E-state index contributed by atoms with van der Waals surface area (Å²) in [4.78, 5) is 0. The van der Waals surface area contributed by atoms with Crippen molar-refractivity contribution in [3.8, 4) is 0 Å². The third-order valence-electron chi connectivity index (χ3n) is 0.631. The van der Waals surface area contributed by atoms with E-state index in [4.69, 9.17) is 10.6 Å². The van der Waals surface area contributed by atoms with Crippen LogP contribution in [0.1, 0.15) is 6.42 Å². The van der Waals surface area contributed by atoms with Crippen LogP contribution in [0.3, 0.4) is 0 Å². The van der Waals surface area contributed by atoms with Gasteiger partial charge in [-0.1, -0.05) is 0 Å². The second-order valence-electron chi connectivity index (χ2n) is 1.25. The van der Waals surface area contributed by atoms with E-state index in [9.17, 15) is 0 Å². The maximum Gasteiger partial charge on any atom is 0.120 e. The Morgan fingerprint density at radius 1 is 1.88 bits per heavy atom. The van der Waals surface area contributed by atoms with Crippen molar-refractivity contribution < 1.29 is 9.94 Å². The van der Waals surface area contributed by atoms with Crippen LogP contribution in [-0.2, 0) is 4.74 Å². The second kappa shape index (κ2) is 4.55. The van der Waals surface area contributed by atoms with Gasteiger partial charge >= 0.3 is 0 Å². The molecule has 0 amide bonds. The molecular formula is C4H9N2O2. The fraction of sp³-hybridized carbons (Fsp3) is 0.500. The molecule has 0 saturated heterocycles. The molecule has 0 spiro atoms. The van der Waals surface area contributed by atoms with Gasteiger partial charge in [0.2, 0.25) is 0 Å². The second-order valence-corrected chi connectivity index (χ2v) is 1.25. The molecule has 0 heterocycles. The third-order valence-corrected chi connectivity index (χ3v) is 0.631. The van der Waals surface area contributed by atoms with Gasteiger partial charge in [-0.25, -0.2) is 0 Å². The van der Waals surface area contributed by atoms with E-state index in [1.165, 1.54) is 0 Å². The van der Waals surface area contributed by atoms with Crippen molar-refractivity contribution in [2.45, 2.75) is 6.42 Å². The molecule has 0 aromatic heterocycles. The van der Waals surface area contributed by atoms with Gasteiger partial charge in [0.1, 0.15) is 5.84 Å². The van der Waals surface area contributed by atoms with Crippen LogP contribution in [0.25, 0.3) is 0 Å². The number of rotatable bonds is 3. The highest BCUT2D eigenvalue weighted by molar-refractivity contribution is 5.77. The van der Waals surface area contributed by atoms with Crippen LogP contribution >= 0.6 is 0 Å². The van der Waals surface area contributed by atoms with Crippen LogP contribution in [0, 0.1) is 12.5 Å². The summed E-state index contributed by atoms with van der Waals surface area (Å²) < 4.78 is 4.37. The highest BCUT2D eigenvalue weighted by Crippen LogP contribution is 1.78. The molecule has 47 valence electrons. The molecule has 0 aliphatic heterocycles. The predicted octanol–water partition coefficient (Wildman–Crippen LogP) is 0.141. The van der Waals surface area contributed by atoms with Crippen LogP contribution in [0.2, 0.25) is 0 Å². The minimum atomic E-state index is 0.0358. The summed E-state index contributed by atoms with van der Waals surface area (Å²) in [6, 6.07) is 0. The van der Waals surface area contributed by atoms with Crippen molar-refractivity contribution in [3.63, 3.8) is 0 Å². The first-order valence-corrected chi connectivity index (χ1v) is 2.15. The number of hydroxylamine groups is 1.